The van der Waals surface area contributed by atoms with Gasteiger partial charge in [0, 0.05) is 11.1 Å². The second-order valence-electron chi connectivity index (χ2n) is 8.21. The maximum absolute atomic E-state index is 14.1. The number of anilines is 2. The fourth-order valence-electron chi connectivity index (χ4n) is 4.00. The molecule has 0 bridgehead atoms. The van der Waals surface area contributed by atoms with Crippen LogP contribution < -0.4 is 14.5 Å². The van der Waals surface area contributed by atoms with Gasteiger partial charge in [-0.25, -0.2) is 4.39 Å². The van der Waals surface area contributed by atoms with E-state index in [2.05, 4.69) is 0 Å². The van der Waals surface area contributed by atoms with Crippen LogP contribution in [0.15, 0.2) is 115 Å². The summed E-state index contributed by atoms with van der Waals surface area (Å²) in [7, 11) is 0. The highest BCUT2D eigenvalue weighted by Gasteiger charge is 2.41. The summed E-state index contributed by atoms with van der Waals surface area (Å²) in [6.45, 7) is -0.00881. The Labute approximate surface area is 219 Å². The number of thiocarbonyl (C=S) groups is 1. The normalized spacial score (nSPS) is 13.6. The maximum Gasteiger partial charge on any atom is 0.270 e. The average molecular weight is 509 g/mol. The van der Waals surface area contributed by atoms with E-state index in [1.54, 1.807) is 91.0 Å². The summed E-state index contributed by atoms with van der Waals surface area (Å²) in [5.74, 6) is -1.06. The third kappa shape index (κ3) is 4.90. The Hall–Kier alpha value is -4.62. The summed E-state index contributed by atoms with van der Waals surface area (Å²) in [4.78, 5) is 30.1. The molecular weight excluding hydrogens is 487 g/mol. The lowest BCUT2D eigenvalue weighted by Crippen LogP contribution is -2.56. The minimum Gasteiger partial charge on any atom is -0.488 e. The molecule has 1 saturated heterocycles. The second kappa shape index (κ2) is 10.6. The average Bonchev–Trinajstić information content (AvgIpc) is 2.92. The van der Waals surface area contributed by atoms with Crippen LogP contribution in [0.2, 0.25) is 0 Å². The highest BCUT2D eigenvalue weighted by molar-refractivity contribution is 7.81. The van der Waals surface area contributed by atoms with Crippen LogP contribution >= 0.6 is 12.2 Å². The van der Waals surface area contributed by atoms with E-state index in [-0.39, 0.29) is 23.1 Å². The van der Waals surface area contributed by atoms with E-state index in [4.69, 9.17) is 17.0 Å². The van der Waals surface area contributed by atoms with Gasteiger partial charge >= 0.3 is 0 Å². The molecule has 4 aromatic carbocycles. The van der Waals surface area contributed by atoms with Crippen molar-refractivity contribution in [3.05, 3.63) is 132 Å². The van der Waals surface area contributed by atoms with Gasteiger partial charge in [0.2, 0.25) is 0 Å². The van der Waals surface area contributed by atoms with Gasteiger partial charge < -0.3 is 4.74 Å². The molecular formula is C30H21FN2O3S. The van der Waals surface area contributed by atoms with Crippen molar-refractivity contribution in [3.8, 4) is 5.75 Å². The molecule has 1 aliphatic heterocycles. The van der Waals surface area contributed by atoms with E-state index in [1.807, 2.05) is 12.1 Å². The quantitative estimate of drug-likeness (QED) is 0.178. The van der Waals surface area contributed by atoms with Gasteiger partial charge in [0.15, 0.2) is 5.11 Å². The molecule has 0 radical (unpaired) electrons. The van der Waals surface area contributed by atoms with Crippen molar-refractivity contribution in [1.29, 1.82) is 0 Å². The minimum absolute atomic E-state index is 0.00881. The van der Waals surface area contributed by atoms with Crippen molar-refractivity contribution in [2.75, 3.05) is 9.80 Å². The number of carbonyl (C=O) groups is 2. The zero-order chi connectivity index (χ0) is 25.8. The van der Waals surface area contributed by atoms with Gasteiger partial charge in [-0.3, -0.25) is 19.4 Å². The number of hydrogen-bond donors (Lipinski definition) is 0. The molecule has 0 aliphatic carbocycles. The minimum atomic E-state index is -0.544. The van der Waals surface area contributed by atoms with Gasteiger partial charge in [0.05, 0.1) is 11.4 Å². The lowest BCUT2D eigenvalue weighted by molar-refractivity contribution is -0.120. The number of halogens is 1. The zero-order valence-corrected chi connectivity index (χ0v) is 20.4. The molecule has 7 heteroatoms. The van der Waals surface area contributed by atoms with Crippen LogP contribution in [0.3, 0.4) is 0 Å². The number of para-hydroxylation sites is 3. The van der Waals surface area contributed by atoms with E-state index >= 15 is 0 Å². The summed E-state index contributed by atoms with van der Waals surface area (Å²) in [5.41, 5.74) is 1.90. The van der Waals surface area contributed by atoms with Gasteiger partial charge in [0.25, 0.3) is 11.8 Å². The zero-order valence-electron chi connectivity index (χ0n) is 19.6. The van der Waals surface area contributed by atoms with E-state index in [1.165, 1.54) is 21.9 Å². The van der Waals surface area contributed by atoms with Crippen molar-refractivity contribution < 1.29 is 18.7 Å². The number of amides is 2. The largest absolute Gasteiger partial charge is 0.488 e. The predicted octanol–water partition coefficient (Wildman–Crippen LogP) is 6.15. The highest BCUT2D eigenvalue weighted by Crippen LogP contribution is 2.31. The molecule has 5 nitrogen and oxygen atoms in total. The predicted molar refractivity (Wildman–Crippen MR) is 146 cm³/mol. The van der Waals surface area contributed by atoms with Gasteiger partial charge in [-0.05, 0) is 54.7 Å². The molecule has 0 aromatic heterocycles. The first kappa shape index (κ1) is 24.1. The first-order chi connectivity index (χ1) is 18.0. The lowest BCUT2D eigenvalue weighted by Gasteiger charge is -2.36. The number of nitrogens with zero attached hydrogens (tertiary/aromatic N) is 2. The third-order valence-electron chi connectivity index (χ3n) is 5.84. The summed E-state index contributed by atoms with van der Waals surface area (Å²) >= 11 is 5.64. The molecule has 0 saturated carbocycles. The molecule has 5 rings (SSSR count). The highest BCUT2D eigenvalue weighted by atomic mass is 32.1. The van der Waals surface area contributed by atoms with Crippen molar-refractivity contribution in [3.63, 3.8) is 0 Å². The number of benzene rings is 4. The van der Waals surface area contributed by atoms with Gasteiger partial charge in [-0.2, -0.15) is 0 Å². The molecule has 0 atom stereocenters. The molecule has 0 spiro atoms. The van der Waals surface area contributed by atoms with Crippen LogP contribution in [-0.4, -0.2) is 16.9 Å². The molecule has 182 valence electrons. The van der Waals surface area contributed by atoms with E-state index in [0.29, 0.717) is 28.3 Å². The molecule has 2 amide bonds. The number of carbonyl (C=O) groups excluding carboxylic acids is 2. The first-order valence-corrected chi connectivity index (χ1v) is 12.0. The number of ether oxygens (including phenoxy) is 1. The summed E-state index contributed by atoms with van der Waals surface area (Å²) in [6, 6.07) is 31.2. The first-order valence-electron chi connectivity index (χ1n) is 11.5. The molecule has 1 aliphatic rings. The van der Waals surface area contributed by atoms with Crippen LogP contribution in [0.1, 0.15) is 11.1 Å². The lowest BCUT2D eigenvalue weighted by atomic mass is 10.0. The van der Waals surface area contributed by atoms with Gasteiger partial charge in [-0.1, -0.05) is 72.8 Å². The van der Waals surface area contributed by atoms with Gasteiger partial charge in [-0.15, -0.1) is 0 Å². The fourth-order valence-corrected chi connectivity index (χ4v) is 4.37. The Balaban J connectivity index is 1.56. The van der Waals surface area contributed by atoms with Crippen molar-refractivity contribution in [2.45, 2.75) is 6.61 Å². The molecule has 0 N–H and O–H groups in total. The second-order valence-corrected chi connectivity index (χ2v) is 8.58. The Bertz CT molecular complexity index is 1440. The Morgan fingerprint density at radius 1 is 0.703 bits per heavy atom. The van der Waals surface area contributed by atoms with E-state index in [9.17, 15) is 14.0 Å². The Morgan fingerprint density at radius 3 is 1.81 bits per heavy atom. The van der Waals surface area contributed by atoms with E-state index < -0.39 is 11.8 Å². The van der Waals surface area contributed by atoms with Crippen LogP contribution in [-0.2, 0) is 16.2 Å². The monoisotopic (exact) mass is 508 g/mol. The van der Waals surface area contributed by atoms with Crippen LogP contribution in [0, 0.1) is 5.82 Å². The molecule has 1 fully saturated rings. The fraction of sp³-hybridized carbons (Fsp3) is 0.0333. The molecule has 4 aromatic rings. The smallest absolute Gasteiger partial charge is 0.270 e. The SMILES string of the molecule is O=C1C(=Cc2ccccc2OCc2ccccc2F)C(=O)N(c2ccccc2)C(=S)N1c1ccccc1. The van der Waals surface area contributed by atoms with Crippen LogP contribution in [0.4, 0.5) is 15.8 Å². The van der Waals surface area contributed by atoms with Gasteiger partial charge in [0.1, 0.15) is 23.7 Å². The van der Waals surface area contributed by atoms with Crippen molar-refractivity contribution in [2.24, 2.45) is 0 Å². The summed E-state index contributed by atoms with van der Waals surface area (Å²) < 4.78 is 20.0. The topological polar surface area (TPSA) is 49.9 Å². The van der Waals surface area contributed by atoms with Crippen molar-refractivity contribution in [1.82, 2.24) is 0 Å². The number of rotatable bonds is 6. The standard InChI is InChI=1S/C30H21FN2O3S/c31-26-17-9-7-12-22(26)20-36-27-18-10-8-11-21(27)19-25-28(34)32(23-13-3-1-4-14-23)30(37)33(29(25)35)24-15-5-2-6-16-24/h1-19H,20H2. The van der Waals surface area contributed by atoms with Crippen LogP contribution in [0.25, 0.3) is 6.08 Å². The molecule has 0 unspecified atom stereocenters. The Morgan fingerprint density at radius 2 is 1.22 bits per heavy atom. The van der Waals surface area contributed by atoms with Crippen molar-refractivity contribution >= 4 is 46.6 Å². The van der Waals surface area contributed by atoms with E-state index in [0.717, 1.165) is 0 Å². The summed E-state index contributed by atoms with van der Waals surface area (Å²) in [6.07, 6.45) is 1.50. The Kier molecular flexibility index (Phi) is 6.87. The van der Waals surface area contributed by atoms with Crippen LogP contribution in [0.5, 0.6) is 5.75 Å². The third-order valence-corrected chi connectivity index (χ3v) is 6.20. The molecule has 1 heterocycles. The number of hydrogen-bond acceptors (Lipinski definition) is 4. The summed E-state index contributed by atoms with van der Waals surface area (Å²) in [5, 5.41) is 0.0636. The maximum atomic E-state index is 14.1. The molecule has 37 heavy (non-hydrogen) atoms.